The van der Waals surface area contributed by atoms with Crippen LogP contribution in [0.2, 0.25) is 0 Å². The molecule has 2 aromatic carbocycles. The molecule has 0 unspecified atom stereocenters. The van der Waals surface area contributed by atoms with E-state index in [1.165, 1.54) is 18.2 Å². The Labute approximate surface area is 148 Å². The second-order valence-corrected chi connectivity index (χ2v) is 7.94. The predicted octanol–water partition coefficient (Wildman–Crippen LogP) is 4.25. The van der Waals surface area contributed by atoms with Gasteiger partial charge in [0.2, 0.25) is 0 Å². The van der Waals surface area contributed by atoms with Crippen LogP contribution in [0.4, 0.5) is 11.4 Å². The van der Waals surface area contributed by atoms with Gasteiger partial charge in [0.25, 0.3) is 15.7 Å². The quantitative estimate of drug-likeness (QED) is 0.650. The van der Waals surface area contributed by atoms with E-state index in [0.29, 0.717) is 22.4 Å². The van der Waals surface area contributed by atoms with Gasteiger partial charge in [-0.25, -0.2) is 8.42 Å². The van der Waals surface area contributed by atoms with E-state index in [1.54, 1.807) is 20.8 Å². The molecule has 1 N–H and O–H groups in total. The molecule has 0 aromatic heterocycles. The fourth-order valence-corrected chi connectivity index (χ4v) is 4.67. The minimum atomic E-state index is -3.81. The van der Waals surface area contributed by atoms with E-state index in [2.05, 4.69) is 4.72 Å². The van der Waals surface area contributed by atoms with Gasteiger partial charge >= 0.3 is 0 Å². The van der Waals surface area contributed by atoms with Crippen LogP contribution in [0.5, 0.6) is 0 Å². The number of rotatable bonds is 4. The molecule has 0 aliphatic carbocycles. The van der Waals surface area contributed by atoms with Crippen molar-refractivity contribution in [1.29, 1.82) is 0 Å². The molecular weight excluding hydrogens is 340 g/mol. The number of nitro benzene ring substituents is 1. The van der Waals surface area contributed by atoms with Crippen LogP contribution >= 0.6 is 0 Å². The number of anilines is 1. The van der Waals surface area contributed by atoms with Crippen LogP contribution in [0.1, 0.15) is 33.4 Å². The highest BCUT2D eigenvalue weighted by Gasteiger charge is 2.24. The van der Waals surface area contributed by atoms with Gasteiger partial charge in [-0.05, 0) is 81.0 Å². The maximum absolute atomic E-state index is 13.0. The molecule has 2 aromatic rings. The van der Waals surface area contributed by atoms with Crippen LogP contribution < -0.4 is 4.72 Å². The Bertz CT molecular complexity index is 950. The first-order valence-electron chi connectivity index (χ1n) is 7.82. The molecule has 0 saturated heterocycles. The van der Waals surface area contributed by atoms with Gasteiger partial charge in [-0.3, -0.25) is 14.8 Å². The summed E-state index contributed by atoms with van der Waals surface area (Å²) < 4.78 is 28.5. The van der Waals surface area contributed by atoms with Crippen LogP contribution in [0.25, 0.3) is 0 Å². The minimum Gasteiger partial charge on any atom is -0.279 e. The van der Waals surface area contributed by atoms with Gasteiger partial charge in [-0.2, -0.15) is 0 Å². The number of nitrogens with zero attached hydrogens (tertiary/aromatic N) is 1. The monoisotopic (exact) mass is 362 g/mol. The van der Waals surface area contributed by atoms with Crippen molar-refractivity contribution in [2.75, 3.05) is 4.72 Å². The van der Waals surface area contributed by atoms with Crippen molar-refractivity contribution in [3.05, 3.63) is 61.7 Å². The maximum atomic E-state index is 13.0. The van der Waals surface area contributed by atoms with Crippen molar-refractivity contribution in [1.82, 2.24) is 0 Å². The van der Waals surface area contributed by atoms with Crippen LogP contribution in [0.15, 0.2) is 23.1 Å². The molecule has 7 heteroatoms. The fourth-order valence-electron chi connectivity index (χ4n) is 2.94. The highest BCUT2D eigenvalue weighted by Crippen LogP contribution is 2.31. The Balaban J connectivity index is 2.57. The Morgan fingerprint density at radius 2 is 1.36 bits per heavy atom. The molecule has 0 aliphatic heterocycles. The molecule has 0 atom stereocenters. The topological polar surface area (TPSA) is 89.3 Å². The summed E-state index contributed by atoms with van der Waals surface area (Å²) in [6.45, 7) is 11.0. The lowest BCUT2D eigenvalue weighted by Crippen LogP contribution is -2.18. The number of sulfonamides is 1. The number of nitrogens with one attached hydrogen (secondary N) is 1. The SMILES string of the molecule is Cc1cc([N+](=O)[O-])ccc1NS(=O)(=O)c1c(C)c(C)c(C)c(C)c1C. The van der Waals surface area contributed by atoms with Crippen molar-refractivity contribution in [3.63, 3.8) is 0 Å². The highest BCUT2D eigenvalue weighted by molar-refractivity contribution is 7.92. The van der Waals surface area contributed by atoms with Crippen molar-refractivity contribution in [2.45, 2.75) is 46.4 Å². The van der Waals surface area contributed by atoms with Gasteiger partial charge in [0.1, 0.15) is 0 Å². The number of benzene rings is 2. The van der Waals surface area contributed by atoms with Crippen LogP contribution in [0.3, 0.4) is 0 Å². The number of hydrogen-bond acceptors (Lipinski definition) is 4. The summed E-state index contributed by atoms with van der Waals surface area (Å²) in [6.07, 6.45) is 0. The van der Waals surface area contributed by atoms with Gasteiger partial charge in [-0.15, -0.1) is 0 Å². The molecule has 0 bridgehead atoms. The molecule has 134 valence electrons. The van der Waals surface area contributed by atoms with Crippen molar-refractivity contribution in [3.8, 4) is 0 Å². The number of nitro groups is 1. The van der Waals surface area contributed by atoms with Gasteiger partial charge in [0.15, 0.2) is 0 Å². The summed E-state index contributed by atoms with van der Waals surface area (Å²) in [7, 11) is -3.81. The molecule has 0 heterocycles. The van der Waals surface area contributed by atoms with Crippen LogP contribution in [-0.2, 0) is 10.0 Å². The Morgan fingerprint density at radius 1 is 0.880 bits per heavy atom. The zero-order chi connectivity index (χ0) is 19.1. The van der Waals surface area contributed by atoms with Crippen LogP contribution in [0, 0.1) is 51.7 Å². The maximum Gasteiger partial charge on any atom is 0.269 e. The third-order valence-electron chi connectivity index (χ3n) is 4.87. The molecular formula is C18H22N2O4S. The molecule has 2 rings (SSSR count). The molecule has 0 saturated carbocycles. The standard InChI is InChI=1S/C18H22N2O4S/c1-10-9-16(20(21)22)7-8-17(10)19-25(23,24)18-14(5)12(3)11(2)13(4)15(18)6/h7-9,19H,1-6H3. The molecule has 0 aliphatic rings. The molecule has 0 fully saturated rings. The molecule has 6 nitrogen and oxygen atoms in total. The minimum absolute atomic E-state index is 0.0742. The van der Waals surface area contributed by atoms with E-state index in [9.17, 15) is 18.5 Å². The smallest absolute Gasteiger partial charge is 0.269 e. The Morgan fingerprint density at radius 3 is 1.80 bits per heavy atom. The zero-order valence-electron chi connectivity index (χ0n) is 15.2. The Hall–Kier alpha value is -2.41. The van der Waals surface area contributed by atoms with E-state index in [1.807, 2.05) is 20.8 Å². The number of non-ortho nitro benzene ring substituents is 1. The van der Waals surface area contributed by atoms with E-state index < -0.39 is 14.9 Å². The van der Waals surface area contributed by atoms with Crippen molar-refractivity contribution >= 4 is 21.4 Å². The summed E-state index contributed by atoms with van der Waals surface area (Å²) in [5.74, 6) is 0. The van der Waals surface area contributed by atoms with E-state index in [0.717, 1.165) is 16.7 Å². The van der Waals surface area contributed by atoms with Gasteiger partial charge < -0.3 is 0 Å². The van der Waals surface area contributed by atoms with E-state index >= 15 is 0 Å². The lowest BCUT2D eigenvalue weighted by Gasteiger charge is -2.20. The Kier molecular flexibility index (Phi) is 4.90. The first-order chi connectivity index (χ1) is 11.5. The fraction of sp³-hybridized carbons (Fsp3) is 0.333. The first kappa shape index (κ1) is 18.9. The summed E-state index contributed by atoms with van der Waals surface area (Å²) in [5.41, 5.74) is 5.16. The van der Waals surface area contributed by atoms with Crippen molar-refractivity contribution in [2.24, 2.45) is 0 Å². The van der Waals surface area contributed by atoms with Gasteiger partial charge in [0, 0.05) is 12.1 Å². The normalized spacial score (nSPS) is 11.4. The zero-order valence-corrected chi connectivity index (χ0v) is 16.0. The summed E-state index contributed by atoms with van der Waals surface area (Å²) >= 11 is 0. The third kappa shape index (κ3) is 3.37. The summed E-state index contributed by atoms with van der Waals surface area (Å²) in [5, 5.41) is 10.8. The molecule has 25 heavy (non-hydrogen) atoms. The molecule has 0 amide bonds. The average molecular weight is 362 g/mol. The van der Waals surface area contributed by atoms with E-state index in [-0.39, 0.29) is 10.6 Å². The largest absolute Gasteiger partial charge is 0.279 e. The number of aryl methyl sites for hydroxylation is 1. The lowest BCUT2D eigenvalue weighted by atomic mass is 9.95. The summed E-state index contributed by atoms with van der Waals surface area (Å²) in [6, 6.07) is 4.06. The van der Waals surface area contributed by atoms with E-state index in [4.69, 9.17) is 0 Å². The second-order valence-electron chi connectivity index (χ2n) is 6.32. The first-order valence-corrected chi connectivity index (χ1v) is 9.30. The predicted molar refractivity (Wildman–Crippen MR) is 98.8 cm³/mol. The second kappa shape index (κ2) is 6.48. The van der Waals surface area contributed by atoms with Gasteiger partial charge in [0.05, 0.1) is 15.5 Å². The lowest BCUT2D eigenvalue weighted by molar-refractivity contribution is -0.384. The molecule has 0 radical (unpaired) electrons. The third-order valence-corrected chi connectivity index (χ3v) is 6.50. The summed E-state index contributed by atoms with van der Waals surface area (Å²) in [4.78, 5) is 10.6. The van der Waals surface area contributed by atoms with Crippen LogP contribution in [-0.4, -0.2) is 13.3 Å². The van der Waals surface area contributed by atoms with Gasteiger partial charge in [-0.1, -0.05) is 0 Å². The average Bonchev–Trinajstić information content (AvgIpc) is 2.52. The van der Waals surface area contributed by atoms with Crippen molar-refractivity contribution < 1.29 is 13.3 Å². The number of hydrogen-bond donors (Lipinski definition) is 1. The highest BCUT2D eigenvalue weighted by atomic mass is 32.2. The molecule has 0 spiro atoms.